The maximum absolute atomic E-state index is 12.8. The van der Waals surface area contributed by atoms with E-state index in [1.54, 1.807) is 0 Å². The van der Waals surface area contributed by atoms with Gasteiger partial charge in [0.25, 0.3) is 5.56 Å². The smallest absolute Gasteiger partial charge is 0.314 e. The van der Waals surface area contributed by atoms with E-state index < -0.39 is 21.3 Å². The largest absolute Gasteiger partial charge is 0.330 e. The molecule has 1 N–H and O–H groups in total. The van der Waals surface area contributed by atoms with Gasteiger partial charge in [0, 0.05) is 39.4 Å². The summed E-state index contributed by atoms with van der Waals surface area (Å²) in [6.07, 6.45) is 2.82. The van der Waals surface area contributed by atoms with Crippen LogP contribution in [0.1, 0.15) is 12.8 Å². The Hall–Kier alpha value is -1.45. The lowest BCUT2D eigenvalue weighted by molar-refractivity contribution is 0.246. The Bertz CT molecular complexity index is 810. The second-order valence-electron chi connectivity index (χ2n) is 6.01. The summed E-state index contributed by atoms with van der Waals surface area (Å²) in [5.74, 6) is 0.292. The maximum Gasteiger partial charge on any atom is 0.330 e. The average molecular weight is 328 g/mol. The normalized spacial score (nSPS) is 26.1. The number of hydrogen-bond donors (Lipinski definition) is 1. The molecule has 2 aliphatic rings. The minimum atomic E-state index is -3.88. The standard InChI is InChI=1S/C13H20N4O4S/c1-15-8-11(12(18)16(2)13(15)19)22(20,21)17-6-4-10-9(7-17)3-5-14-10/h8-10,14H,3-7H2,1-2H3. The van der Waals surface area contributed by atoms with Crippen LogP contribution in [0.3, 0.4) is 0 Å². The molecule has 0 bridgehead atoms. The summed E-state index contributed by atoms with van der Waals surface area (Å²) >= 11 is 0. The highest BCUT2D eigenvalue weighted by atomic mass is 32.2. The number of rotatable bonds is 2. The quantitative estimate of drug-likeness (QED) is 0.710. The van der Waals surface area contributed by atoms with E-state index in [1.807, 2.05) is 0 Å². The minimum absolute atomic E-state index is 0.292. The van der Waals surface area contributed by atoms with Crippen LogP contribution in [-0.2, 0) is 24.1 Å². The van der Waals surface area contributed by atoms with E-state index in [4.69, 9.17) is 0 Å². The van der Waals surface area contributed by atoms with Gasteiger partial charge in [-0.2, -0.15) is 4.31 Å². The summed E-state index contributed by atoms with van der Waals surface area (Å²) in [5, 5.41) is 3.37. The number of piperidine rings is 1. The van der Waals surface area contributed by atoms with Crippen molar-refractivity contribution in [1.29, 1.82) is 0 Å². The molecule has 2 fully saturated rings. The van der Waals surface area contributed by atoms with Crippen molar-refractivity contribution in [2.75, 3.05) is 19.6 Å². The molecule has 2 atom stereocenters. The molecular formula is C13H20N4O4S. The molecule has 0 radical (unpaired) electrons. The summed E-state index contributed by atoms with van der Waals surface area (Å²) < 4.78 is 28.9. The lowest BCUT2D eigenvalue weighted by Gasteiger charge is -2.33. The molecule has 3 heterocycles. The summed E-state index contributed by atoms with van der Waals surface area (Å²) in [6, 6.07) is 0.370. The van der Waals surface area contributed by atoms with Crippen LogP contribution < -0.4 is 16.6 Å². The Morgan fingerprint density at radius 2 is 1.95 bits per heavy atom. The lowest BCUT2D eigenvalue weighted by atomic mass is 9.95. The Kier molecular flexibility index (Phi) is 3.74. The van der Waals surface area contributed by atoms with E-state index in [0.29, 0.717) is 25.0 Å². The van der Waals surface area contributed by atoms with Gasteiger partial charge in [-0.1, -0.05) is 0 Å². The molecule has 0 aromatic carbocycles. The summed E-state index contributed by atoms with van der Waals surface area (Å²) in [6.45, 7) is 1.72. The van der Waals surface area contributed by atoms with Gasteiger partial charge in [-0.05, 0) is 25.3 Å². The number of nitrogens with zero attached hydrogens (tertiary/aromatic N) is 3. The SMILES string of the molecule is Cn1cc(S(=O)(=O)N2CCC3NCCC3C2)c(=O)n(C)c1=O. The van der Waals surface area contributed by atoms with Crippen LogP contribution in [0.5, 0.6) is 0 Å². The van der Waals surface area contributed by atoms with Gasteiger partial charge < -0.3 is 9.88 Å². The molecule has 122 valence electrons. The highest BCUT2D eigenvalue weighted by Gasteiger charge is 2.38. The summed E-state index contributed by atoms with van der Waals surface area (Å²) in [4.78, 5) is 23.6. The third kappa shape index (κ3) is 2.33. The van der Waals surface area contributed by atoms with Gasteiger partial charge in [-0.15, -0.1) is 0 Å². The lowest BCUT2D eigenvalue weighted by Crippen LogP contribution is -2.49. The van der Waals surface area contributed by atoms with Gasteiger partial charge in [-0.25, -0.2) is 13.2 Å². The van der Waals surface area contributed by atoms with Crippen LogP contribution in [0, 0.1) is 5.92 Å². The van der Waals surface area contributed by atoms with Gasteiger partial charge in [0.2, 0.25) is 10.0 Å². The van der Waals surface area contributed by atoms with Crippen molar-refractivity contribution in [2.24, 2.45) is 20.0 Å². The highest BCUT2D eigenvalue weighted by molar-refractivity contribution is 7.89. The second-order valence-corrected chi connectivity index (χ2v) is 7.92. The van der Waals surface area contributed by atoms with E-state index in [9.17, 15) is 18.0 Å². The minimum Gasteiger partial charge on any atom is -0.314 e. The van der Waals surface area contributed by atoms with Gasteiger partial charge >= 0.3 is 5.69 Å². The fourth-order valence-corrected chi connectivity index (χ4v) is 4.98. The van der Waals surface area contributed by atoms with E-state index in [-0.39, 0.29) is 4.90 Å². The van der Waals surface area contributed by atoms with Gasteiger partial charge in [0.05, 0.1) is 0 Å². The van der Waals surface area contributed by atoms with Crippen molar-refractivity contribution >= 4 is 10.0 Å². The second kappa shape index (κ2) is 5.32. The fourth-order valence-electron chi connectivity index (χ4n) is 3.32. The monoisotopic (exact) mass is 328 g/mol. The van der Waals surface area contributed by atoms with Crippen molar-refractivity contribution in [3.8, 4) is 0 Å². The van der Waals surface area contributed by atoms with Gasteiger partial charge in [0.15, 0.2) is 4.90 Å². The van der Waals surface area contributed by atoms with Crippen LogP contribution in [0.25, 0.3) is 0 Å². The maximum atomic E-state index is 12.8. The van der Waals surface area contributed by atoms with Crippen LogP contribution >= 0.6 is 0 Å². The van der Waals surface area contributed by atoms with Crippen LogP contribution in [0.15, 0.2) is 20.7 Å². The Morgan fingerprint density at radius 1 is 1.23 bits per heavy atom. The number of fused-ring (bicyclic) bond motifs is 1. The summed E-state index contributed by atoms with van der Waals surface area (Å²) in [7, 11) is -1.15. The van der Waals surface area contributed by atoms with E-state index in [2.05, 4.69) is 5.32 Å². The molecule has 2 unspecified atom stereocenters. The first-order valence-corrected chi connectivity index (χ1v) is 8.76. The molecule has 8 nitrogen and oxygen atoms in total. The van der Waals surface area contributed by atoms with E-state index in [1.165, 1.54) is 18.4 Å². The summed E-state index contributed by atoms with van der Waals surface area (Å²) in [5.41, 5.74) is -1.31. The van der Waals surface area contributed by atoms with Crippen LogP contribution in [0.2, 0.25) is 0 Å². The van der Waals surface area contributed by atoms with Gasteiger partial charge in [-0.3, -0.25) is 9.36 Å². The molecule has 0 aliphatic carbocycles. The molecule has 9 heteroatoms. The van der Waals surface area contributed by atoms with Crippen molar-refractivity contribution in [2.45, 2.75) is 23.8 Å². The van der Waals surface area contributed by atoms with Crippen molar-refractivity contribution in [3.63, 3.8) is 0 Å². The van der Waals surface area contributed by atoms with Crippen LogP contribution in [0.4, 0.5) is 0 Å². The van der Waals surface area contributed by atoms with Crippen molar-refractivity contribution in [3.05, 3.63) is 27.0 Å². The molecule has 0 saturated carbocycles. The Morgan fingerprint density at radius 3 is 2.68 bits per heavy atom. The molecule has 3 rings (SSSR count). The van der Waals surface area contributed by atoms with Crippen molar-refractivity contribution in [1.82, 2.24) is 18.8 Å². The number of aromatic nitrogens is 2. The zero-order valence-electron chi connectivity index (χ0n) is 12.7. The predicted molar refractivity (Wildman–Crippen MR) is 80.2 cm³/mol. The fraction of sp³-hybridized carbons (Fsp3) is 0.692. The number of aryl methyl sites for hydroxylation is 1. The number of hydrogen-bond acceptors (Lipinski definition) is 5. The molecule has 1 aromatic rings. The van der Waals surface area contributed by atoms with Crippen LogP contribution in [-0.4, -0.2) is 47.5 Å². The number of sulfonamides is 1. The Balaban J connectivity index is 2.00. The number of nitrogens with one attached hydrogen (secondary N) is 1. The first kappa shape index (κ1) is 15.4. The molecule has 22 heavy (non-hydrogen) atoms. The molecule has 0 spiro atoms. The predicted octanol–water partition coefficient (Wildman–Crippen LogP) is -1.54. The zero-order chi connectivity index (χ0) is 16.1. The average Bonchev–Trinajstić information content (AvgIpc) is 2.96. The first-order chi connectivity index (χ1) is 10.3. The first-order valence-electron chi connectivity index (χ1n) is 7.32. The molecule has 1 aromatic heterocycles. The van der Waals surface area contributed by atoms with Gasteiger partial charge in [0.1, 0.15) is 0 Å². The molecular weight excluding hydrogens is 308 g/mol. The van der Waals surface area contributed by atoms with Crippen molar-refractivity contribution < 1.29 is 8.42 Å². The third-order valence-electron chi connectivity index (χ3n) is 4.65. The molecule has 2 saturated heterocycles. The Labute approximate surface area is 128 Å². The highest BCUT2D eigenvalue weighted by Crippen LogP contribution is 2.27. The third-order valence-corrected chi connectivity index (χ3v) is 6.50. The molecule has 2 aliphatic heterocycles. The topological polar surface area (TPSA) is 93.4 Å². The van der Waals surface area contributed by atoms with E-state index in [0.717, 1.165) is 34.7 Å². The molecule has 0 amide bonds. The zero-order valence-corrected chi connectivity index (χ0v) is 13.5. The van der Waals surface area contributed by atoms with E-state index >= 15 is 0 Å².